The maximum absolute atomic E-state index is 11.7. The van der Waals surface area contributed by atoms with Crippen LogP contribution in [0.5, 0.6) is 0 Å². The Morgan fingerprint density at radius 1 is 1.42 bits per heavy atom. The standard InChI is InChI=1S/C14H21N3O2/c1-19-14(18)10-6-5-9-16-13(10)17-12-8-4-2-3-7-11(12)15/h5-6,9,11-12H,2-4,7-8,15H2,1H3,(H,16,17). The Morgan fingerprint density at radius 3 is 3.00 bits per heavy atom. The third-order valence-corrected chi connectivity index (χ3v) is 3.60. The molecule has 1 aromatic rings. The zero-order valence-electron chi connectivity index (χ0n) is 11.3. The molecule has 2 rings (SSSR count). The van der Waals surface area contributed by atoms with E-state index in [0.717, 1.165) is 19.3 Å². The molecule has 5 nitrogen and oxygen atoms in total. The number of hydrogen-bond donors (Lipinski definition) is 2. The number of ether oxygens (including phenoxy) is 1. The van der Waals surface area contributed by atoms with Gasteiger partial charge in [-0.25, -0.2) is 9.78 Å². The van der Waals surface area contributed by atoms with Gasteiger partial charge < -0.3 is 15.8 Å². The fourth-order valence-corrected chi connectivity index (χ4v) is 2.49. The second kappa shape index (κ2) is 6.52. The van der Waals surface area contributed by atoms with E-state index in [1.165, 1.54) is 20.0 Å². The van der Waals surface area contributed by atoms with Gasteiger partial charge in [-0.3, -0.25) is 0 Å². The number of carbonyl (C=O) groups excluding carboxylic acids is 1. The van der Waals surface area contributed by atoms with E-state index in [1.807, 2.05) is 0 Å². The molecule has 2 unspecified atom stereocenters. The van der Waals surface area contributed by atoms with E-state index < -0.39 is 0 Å². The molecule has 1 fully saturated rings. The number of carbonyl (C=O) groups is 1. The van der Waals surface area contributed by atoms with Crippen LogP contribution in [0, 0.1) is 0 Å². The van der Waals surface area contributed by atoms with Crippen LogP contribution in [0.15, 0.2) is 18.3 Å². The molecule has 3 N–H and O–H groups in total. The minimum atomic E-state index is -0.377. The SMILES string of the molecule is COC(=O)c1cccnc1NC1CCCCCC1N. The first-order valence-electron chi connectivity index (χ1n) is 6.78. The summed E-state index contributed by atoms with van der Waals surface area (Å²) in [6, 6.07) is 3.71. The normalized spacial score (nSPS) is 23.5. The number of aromatic nitrogens is 1. The summed E-state index contributed by atoms with van der Waals surface area (Å²) in [4.78, 5) is 15.9. The number of methoxy groups -OCH3 is 1. The van der Waals surface area contributed by atoms with Crippen LogP contribution >= 0.6 is 0 Å². The molecule has 1 aromatic heterocycles. The molecule has 1 aliphatic rings. The summed E-state index contributed by atoms with van der Waals surface area (Å²) in [6.07, 6.45) is 7.24. The number of rotatable bonds is 3. The summed E-state index contributed by atoms with van der Waals surface area (Å²) in [5.41, 5.74) is 6.64. The summed E-state index contributed by atoms with van der Waals surface area (Å²) >= 11 is 0. The van der Waals surface area contributed by atoms with Gasteiger partial charge in [0.2, 0.25) is 0 Å². The van der Waals surface area contributed by atoms with Crippen LogP contribution < -0.4 is 11.1 Å². The van der Waals surface area contributed by atoms with Crippen molar-refractivity contribution in [1.82, 2.24) is 4.98 Å². The van der Waals surface area contributed by atoms with Crippen molar-refractivity contribution >= 4 is 11.8 Å². The highest BCUT2D eigenvalue weighted by atomic mass is 16.5. The zero-order chi connectivity index (χ0) is 13.7. The molecule has 104 valence electrons. The minimum Gasteiger partial charge on any atom is -0.465 e. The second-order valence-corrected chi connectivity index (χ2v) is 4.94. The Kier molecular flexibility index (Phi) is 4.74. The van der Waals surface area contributed by atoms with Gasteiger partial charge in [-0.05, 0) is 25.0 Å². The molecule has 1 aliphatic carbocycles. The fourth-order valence-electron chi connectivity index (χ4n) is 2.49. The smallest absolute Gasteiger partial charge is 0.341 e. The lowest BCUT2D eigenvalue weighted by Crippen LogP contribution is -2.39. The molecule has 19 heavy (non-hydrogen) atoms. The lowest BCUT2D eigenvalue weighted by molar-refractivity contribution is 0.0601. The van der Waals surface area contributed by atoms with E-state index in [4.69, 9.17) is 10.5 Å². The van der Waals surface area contributed by atoms with Gasteiger partial charge >= 0.3 is 5.97 Å². The molecule has 0 radical (unpaired) electrons. The number of pyridine rings is 1. The Balaban J connectivity index is 2.15. The van der Waals surface area contributed by atoms with Crippen LogP contribution in [0.4, 0.5) is 5.82 Å². The molecular formula is C14H21N3O2. The minimum absolute atomic E-state index is 0.106. The molecule has 0 amide bonds. The van der Waals surface area contributed by atoms with Gasteiger partial charge in [-0.2, -0.15) is 0 Å². The molecule has 1 heterocycles. The van der Waals surface area contributed by atoms with E-state index in [0.29, 0.717) is 11.4 Å². The van der Waals surface area contributed by atoms with E-state index in [1.54, 1.807) is 18.3 Å². The second-order valence-electron chi connectivity index (χ2n) is 4.94. The number of nitrogens with zero attached hydrogens (tertiary/aromatic N) is 1. The van der Waals surface area contributed by atoms with Crippen molar-refractivity contribution in [2.24, 2.45) is 5.73 Å². The van der Waals surface area contributed by atoms with Crippen LogP contribution in [-0.2, 0) is 4.74 Å². The quantitative estimate of drug-likeness (QED) is 0.643. The van der Waals surface area contributed by atoms with Crippen LogP contribution in [0.2, 0.25) is 0 Å². The monoisotopic (exact) mass is 263 g/mol. The van der Waals surface area contributed by atoms with Crippen molar-refractivity contribution in [1.29, 1.82) is 0 Å². The van der Waals surface area contributed by atoms with Crippen LogP contribution in [0.1, 0.15) is 42.5 Å². The van der Waals surface area contributed by atoms with Crippen LogP contribution in [0.3, 0.4) is 0 Å². The van der Waals surface area contributed by atoms with Gasteiger partial charge in [0.15, 0.2) is 0 Å². The first-order chi connectivity index (χ1) is 9.22. The van der Waals surface area contributed by atoms with Gasteiger partial charge in [0.05, 0.1) is 7.11 Å². The van der Waals surface area contributed by atoms with E-state index in [-0.39, 0.29) is 18.1 Å². The summed E-state index contributed by atoms with van der Waals surface area (Å²) in [5.74, 6) is 0.189. The zero-order valence-corrected chi connectivity index (χ0v) is 11.3. The van der Waals surface area contributed by atoms with E-state index >= 15 is 0 Å². The lowest BCUT2D eigenvalue weighted by Gasteiger charge is -2.24. The van der Waals surface area contributed by atoms with E-state index in [2.05, 4.69) is 10.3 Å². The molecule has 0 saturated heterocycles. The highest BCUT2D eigenvalue weighted by Crippen LogP contribution is 2.21. The Hall–Kier alpha value is -1.62. The van der Waals surface area contributed by atoms with Crippen molar-refractivity contribution in [3.05, 3.63) is 23.9 Å². The van der Waals surface area contributed by atoms with E-state index in [9.17, 15) is 4.79 Å². The van der Waals surface area contributed by atoms with Crippen molar-refractivity contribution < 1.29 is 9.53 Å². The molecule has 1 saturated carbocycles. The molecule has 2 atom stereocenters. The van der Waals surface area contributed by atoms with Gasteiger partial charge in [0.25, 0.3) is 0 Å². The Morgan fingerprint density at radius 2 is 2.21 bits per heavy atom. The maximum Gasteiger partial charge on any atom is 0.341 e. The van der Waals surface area contributed by atoms with Gasteiger partial charge in [0, 0.05) is 18.3 Å². The first-order valence-corrected chi connectivity index (χ1v) is 6.78. The van der Waals surface area contributed by atoms with Crippen molar-refractivity contribution in [3.8, 4) is 0 Å². The summed E-state index contributed by atoms with van der Waals surface area (Å²) in [6.45, 7) is 0. The highest BCUT2D eigenvalue weighted by molar-refractivity contribution is 5.94. The maximum atomic E-state index is 11.7. The summed E-state index contributed by atoms with van der Waals surface area (Å²) < 4.78 is 4.77. The summed E-state index contributed by atoms with van der Waals surface area (Å²) in [5, 5.41) is 3.32. The average Bonchev–Trinajstić information content (AvgIpc) is 2.64. The van der Waals surface area contributed by atoms with Crippen molar-refractivity contribution in [3.63, 3.8) is 0 Å². The number of esters is 1. The molecular weight excluding hydrogens is 242 g/mol. The summed E-state index contributed by atoms with van der Waals surface area (Å²) in [7, 11) is 1.37. The fraction of sp³-hybridized carbons (Fsp3) is 0.571. The van der Waals surface area contributed by atoms with Crippen LogP contribution in [0.25, 0.3) is 0 Å². The molecule has 0 aromatic carbocycles. The molecule has 5 heteroatoms. The third-order valence-electron chi connectivity index (χ3n) is 3.60. The Labute approximate surface area is 113 Å². The van der Waals surface area contributed by atoms with Crippen molar-refractivity contribution in [2.75, 3.05) is 12.4 Å². The van der Waals surface area contributed by atoms with Gasteiger partial charge in [-0.1, -0.05) is 19.3 Å². The predicted octanol–water partition coefficient (Wildman–Crippen LogP) is 1.94. The highest BCUT2D eigenvalue weighted by Gasteiger charge is 2.22. The van der Waals surface area contributed by atoms with Gasteiger partial charge in [0.1, 0.15) is 11.4 Å². The molecule has 0 aliphatic heterocycles. The molecule has 0 spiro atoms. The average molecular weight is 263 g/mol. The topological polar surface area (TPSA) is 77.2 Å². The predicted molar refractivity (Wildman–Crippen MR) is 74.0 cm³/mol. The van der Waals surface area contributed by atoms with Crippen LogP contribution in [-0.4, -0.2) is 30.1 Å². The number of anilines is 1. The third kappa shape index (κ3) is 3.44. The van der Waals surface area contributed by atoms with Gasteiger partial charge in [-0.15, -0.1) is 0 Å². The number of nitrogens with two attached hydrogens (primary N) is 1. The lowest BCUT2D eigenvalue weighted by atomic mass is 10.0. The molecule has 0 bridgehead atoms. The number of hydrogen-bond acceptors (Lipinski definition) is 5. The Bertz CT molecular complexity index is 436. The number of nitrogens with one attached hydrogen (secondary N) is 1. The first kappa shape index (κ1) is 13.8. The van der Waals surface area contributed by atoms with Crippen molar-refractivity contribution in [2.45, 2.75) is 44.2 Å². The largest absolute Gasteiger partial charge is 0.465 e.